The first-order valence-electron chi connectivity index (χ1n) is 8.62. The quantitative estimate of drug-likeness (QED) is 0.663. The number of aromatic amines is 1. The summed E-state index contributed by atoms with van der Waals surface area (Å²) in [7, 11) is 0. The van der Waals surface area contributed by atoms with Crippen molar-refractivity contribution in [3.8, 4) is 0 Å². The smallest absolute Gasteiger partial charge is 0.355 e. The van der Waals surface area contributed by atoms with Crippen LogP contribution in [0.1, 0.15) is 43.7 Å². The second kappa shape index (κ2) is 7.43. The van der Waals surface area contributed by atoms with E-state index in [1.54, 1.807) is 29.9 Å². The van der Waals surface area contributed by atoms with Crippen molar-refractivity contribution >= 4 is 28.6 Å². The number of ether oxygens (including phenoxy) is 1. The Morgan fingerprint density at radius 3 is 2.77 bits per heavy atom. The highest BCUT2D eigenvalue weighted by Gasteiger charge is 2.21. The predicted molar refractivity (Wildman–Crippen MR) is 99.0 cm³/mol. The van der Waals surface area contributed by atoms with E-state index in [0.29, 0.717) is 11.5 Å². The van der Waals surface area contributed by atoms with Crippen LogP contribution in [0.4, 0.5) is 5.82 Å². The number of carbonyl (C=O) groups excluding carboxylic acids is 2. The molecule has 0 fully saturated rings. The SMILES string of the molecule is CC[C@@H](C)n1nccc1NC(=O)[C@@H](C)OC(=O)c1cc2ccccc2[nH]1. The first kappa shape index (κ1) is 17.7. The Bertz CT molecular complexity index is 895. The molecule has 2 aromatic heterocycles. The molecular formula is C19H22N4O3. The molecule has 3 aromatic rings. The minimum atomic E-state index is -0.936. The fraction of sp³-hybridized carbons (Fsp3) is 0.316. The molecule has 2 atom stereocenters. The Balaban J connectivity index is 1.65. The van der Waals surface area contributed by atoms with E-state index in [0.717, 1.165) is 17.3 Å². The van der Waals surface area contributed by atoms with E-state index in [1.807, 2.05) is 38.1 Å². The van der Waals surface area contributed by atoms with E-state index in [-0.39, 0.29) is 6.04 Å². The second-order valence-electron chi connectivity index (χ2n) is 6.23. The van der Waals surface area contributed by atoms with Crippen molar-refractivity contribution in [2.45, 2.75) is 39.3 Å². The van der Waals surface area contributed by atoms with Crippen LogP contribution in [0, 0.1) is 0 Å². The number of anilines is 1. The molecule has 7 heteroatoms. The first-order chi connectivity index (χ1) is 12.5. The first-order valence-corrected chi connectivity index (χ1v) is 8.62. The van der Waals surface area contributed by atoms with E-state index in [9.17, 15) is 9.59 Å². The molecule has 0 bridgehead atoms. The summed E-state index contributed by atoms with van der Waals surface area (Å²) in [4.78, 5) is 27.7. The molecule has 0 unspecified atom stereocenters. The van der Waals surface area contributed by atoms with Gasteiger partial charge in [0.05, 0.1) is 12.2 Å². The van der Waals surface area contributed by atoms with Gasteiger partial charge in [0.15, 0.2) is 6.10 Å². The van der Waals surface area contributed by atoms with E-state index >= 15 is 0 Å². The molecule has 0 saturated heterocycles. The molecule has 7 nitrogen and oxygen atoms in total. The summed E-state index contributed by atoms with van der Waals surface area (Å²) in [6.45, 7) is 5.60. The molecule has 1 aromatic carbocycles. The lowest BCUT2D eigenvalue weighted by atomic mass is 10.2. The minimum absolute atomic E-state index is 0.157. The molecule has 0 radical (unpaired) electrons. The summed E-state index contributed by atoms with van der Waals surface area (Å²) < 4.78 is 7.03. The topological polar surface area (TPSA) is 89.0 Å². The number of hydrogen-bond donors (Lipinski definition) is 2. The number of nitrogens with zero attached hydrogens (tertiary/aromatic N) is 2. The third-order valence-electron chi connectivity index (χ3n) is 4.33. The van der Waals surface area contributed by atoms with E-state index in [2.05, 4.69) is 15.4 Å². The van der Waals surface area contributed by atoms with E-state index < -0.39 is 18.0 Å². The van der Waals surface area contributed by atoms with Crippen LogP contribution in [0.25, 0.3) is 10.9 Å². The normalized spacial score (nSPS) is 13.3. The highest BCUT2D eigenvalue weighted by Crippen LogP contribution is 2.18. The number of rotatable bonds is 6. The van der Waals surface area contributed by atoms with Crippen LogP contribution in [0.3, 0.4) is 0 Å². The Labute approximate surface area is 151 Å². The van der Waals surface area contributed by atoms with Gasteiger partial charge in [0.25, 0.3) is 5.91 Å². The molecule has 0 aliphatic rings. The van der Waals surface area contributed by atoms with Gasteiger partial charge >= 0.3 is 5.97 Å². The number of H-pyrrole nitrogens is 1. The van der Waals surface area contributed by atoms with Crippen molar-refractivity contribution in [3.05, 3.63) is 48.3 Å². The minimum Gasteiger partial charge on any atom is -0.448 e. The maximum Gasteiger partial charge on any atom is 0.355 e. The Hall–Kier alpha value is -3.09. The maximum absolute atomic E-state index is 12.4. The number of amides is 1. The average molecular weight is 354 g/mol. The van der Waals surface area contributed by atoms with Gasteiger partial charge in [-0.2, -0.15) is 5.10 Å². The van der Waals surface area contributed by atoms with Crippen molar-refractivity contribution in [2.75, 3.05) is 5.32 Å². The number of para-hydroxylation sites is 1. The van der Waals surface area contributed by atoms with Crippen LogP contribution in [0.15, 0.2) is 42.6 Å². The van der Waals surface area contributed by atoms with Crippen LogP contribution >= 0.6 is 0 Å². The highest BCUT2D eigenvalue weighted by molar-refractivity contribution is 5.98. The fourth-order valence-electron chi connectivity index (χ4n) is 2.63. The lowest BCUT2D eigenvalue weighted by Gasteiger charge is -2.16. The number of esters is 1. The van der Waals surface area contributed by atoms with Gasteiger partial charge in [-0.25, -0.2) is 9.48 Å². The van der Waals surface area contributed by atoms with E-state index in [4.69, 9.17) is 4.74 Å². The summed E-state index contributed by atoms with van der Waals surface area (Å²) in [5.41, 5.74) is 1.16. The van der Waals surface area contributed by atoms with Crippen LogP contribution in [0.5, 0.6) is 0 Å². The van der Waals surface area contributed by atoms with Crippen molar-refractivity contribution in [1.82, 2.24) is 14.8 Å². The maximum atomic E-state index is 12.4. The molecule has 0 spiro atoms. The lowest BCUT2D eigenvalue weighted by molar-refractivity contribution is -0.123. The van der Waals surface area contributed by atoms with E-state index in [1.165, 1.54) is 0 Å². The van der Waals surface area contributed by atoms with Crippen LogP contribution in [-0.2, 0) is 9.53 Å². The molecule has 3 rings (SSSR count). The summed E-state index contributed by atoms with van der Waals surface area (Å²) in [6.07, 6.45) is 1.58. The number of fused-ring (bicyclic) bond motifs is 1. The molecule has 0 aliphatic heterocycles. The molecule has 2 heterocycles. The van der Waals surface area contributed by atoms with Gasteiger partial charge in [0.2, 0.25) is 0 Å². The van der Waals surface area contributed by atoms with Crippen LogP contribution in [-0.4, -0.2) is 32.7 Å². The average Bonchev–Trinajstić information content (AvgIpc) is 3.27. The third kappa shape index (κ3) is 3.61. The number of nitrogens with one attached hydrogen (secondary N) is 2. The van der Waals surface area contributed by atoms with Crippen molar-refractivity contribution in [2.24, 2.45) is 0 Å². The zero-order valence-electron chi connectivity index (χ0n) is 15.0. The number of carbonyl (C=O) groups is 2. The van der Waals surface area contributed by atoms with Gasteiger partial charge < -0.3 is 15.0 Å². The molecule has 1 amide bonds. The molecule has 26 heavy (non-hydrogen) atoms. The molecule has 0 saturated carbocycles. The number of hydrogen-bond acceptors (Lipinski definition) is 4. The number of aromatic nitrogens is 3. The molecule has 0 aliphatic carbocycles. The van der Waals surface area contributed by atoms with Crippen LogP contribution < -0.4 is 5.32 Å². The van der Waals surface area contributed by atoms with Gasteiger partial charge in [-0.1, -0.05) is 25.1 Å². The van der Waals surface area contributed by atoms with Crippen molar-refractivity contribution in [3.63, 3.8) is 0 Å². The molecule has 136 valence electrons. The van der Waals surface area contributed by atoms with Gasteiger partial charge in [-0.3, -0.25) is 4.79 Å². The Morgan fingerprint density at radius 1 is 1.27 bits per heavy atom. The summed E-state index contributed by atoms with van der Waals surface area (Å²) in [6, 6.07) is 11.1. The summed E-state index contributed by atoms with van der Waals surface area (Å²) in [5.74, 6) is -0.392. The van der Waals surface area contributed by atoms with Crippen molar-refractivity contribution in [1.29, 1.82) is 0 Å². The fourth-order valence-corrected chi connectivity index (χ4v) is 2.63. The highest BCUT2D eigenvalue weighted by atomic mass is 16.5. The second-order valence-corrected chi connectivity index (χ2v) is 6.23. The lowest BCUT2D eigenvalue weighted by Crippen LogP contribution is -2.31. The standard InChI is InChI=1S/C19H22N4O3/c1-4-12(2)23-17(9-10-20-23)22-18(24)13(3)26-19(25)16-11-14-7-5-6-8-15(14)21-16/h5-13,21H,4H2,1-3H3,(H,22,24)/t12-,13-/m1/s1. The van der Waals surface area contributed by atoms with Crippen molar-refractivity contribution < 1.29 is 14.3 Å². The summed E-state index contributed by atoms with van der Waals surface area (Å²) in [5, 5.41) is 7.90. The Kier molecular flexibility index (Phi) is 5.06. The predicted octanol–water partition coefficient (Wildman–Crippen LogP) is 3.52. The monoisotopic (exact) mass is 354 g/mol. The zero-order valence-corrected chi connectivity index (χ0v) is 15.0. The van der Waals surface area contributed by atoms with Gasteiger partial charge in [0, 0.05) is 17.0 Å². The van der Waals surface area contributed by atoms with Crippen LogP contribution in [0.2, 0.25) is 0 Å². The number of benzene rings is 1. The molecule has 2 N–H and O–H groups in total. The third-order valence-corrected chi connectivity index (χ3v) is 4.33. The zero-order chi connectivity index (χ0) is 18.7. The molecular weight excluding hydrogens is 332 g/mol. The Morgan fingerprint density at radius 2 is 2.04 bits per heavy atom. The van der Waals surface area contributed by atoms with Gasteiger partial charge in [-0.15, -0.1) is 0 Å². The largest absolute Gasteiger partial charge is 0.448 e. The van der Waals surface area contributed by atoms with Gasteiger partial charge in [0.1, 0.15) is 11.5 Å². The summed E-state index contributed by atoms with van der Waals surface area (Å²) >= 11 is 0. The van der Waals surface area contributed by atoms with Gasteiger partial charge in [-0.05, 0) is 32.4 Å².